The maximum absolute atomic E-state index is 12.3. The summed E-state index contributed by atoms with van der Waals surface area (Å²) in [5.41, 5.74) is 1.83. The lowest BCUT2D eigenvalue weighted by molar-refractivity contribution is -0.385. The van der Waals surface area contributed by atoms with Crippen molar-refractivity contribution >= 4 is 17.5 Å². The van der Waals surface area contributed by atoms with Gasteiger partial charge in [0.15, 0.2) is 12.6 Å². The van der Waals surface area contributed by atoms with E-state index in [2.05, 4.69) is 0 Å². The Labute approximate surface area is 143 Å². The van der Waals surface area contributed by atoms with E-state index < -0.39 is 10.7 Å². The predicted molar refractivity (Wildman–Crippen MR) is 89.6 cm³/mol. The number of hydrogen-bond acceptors (Lipinski definition) is 6. The third-order valence-corrected chi connectivity index (χ3v) is 3.77. The first-order chi connectivity index (χ1) is 12.0. The number of non-ortho nitro benzene ring substituents is 1. The van der Waals surface area contributed by atoms with Crippen molar-refractivity contribution in [1.29, 1.82) is 0 Å². The molecule has 128 valence electrons. The van der Waals surface area contributed by atoms with Gasteiger partial charge in [-0.25, -0.2) is 0 Å². The van der Waals surface area contributed by atoms with Gasteiger partial charge in [0.25, 0.3) is 5.69 Å². The van der Waals surface area contributed by atoms with Crippen LogP contribution in [0.1, 0.15) is 27.0 Å². The van der Waals surface area contributed by atoms with Gasteiger partial charge in [-0.15, -0.1) is 0 Å². The molecule has 0 unspecified atom stereocenters. The molecule has 0 aromatic heterocycles. The molecule has 3 rings (SSSR count). The summed E-state index contributed by atoms with van der Waals surface area (Å²) in [6.07, 6.45) is 2.70. The number of ketones is 1. The molecular formula is C18H15NO6. The number of carbonyl (C=O) groups is 1. The second-order valence-corrected chi connectivity index (χ2v) is 5.61. The van der Waals surface area contributed by atoms with Crippen LogP contribution in [0.5, 0.6) is 11.5 Å². The van der Waals surface area contributed by atoms with Crippen LogP contribution in [0.4, 0.5) is 5.69 Å². The molecule has 1 aliphatic rings. The second kappa shape index (κ2) is 6.74. The Morgan fingerprint density at radius 3 is 2.84 bits per heavy atom. The lowest BCUT2D eigenvalue weighted by Crippen LogP contribution is -2.12. The third kappa shape index (κ3) is 3.51. The molecule has 0 saturated heterocycles. The van der Waals surface area contributed by atoms with E-state index in [9.17, 15) is 20.0 Å². The van der Waals surface area contributed by atoms with Gasteiger partial charge in [-0.1, -0.05) is 6.07 Å². The zero-order valence-electron chi connectivity index (χ0n) is 13.4. The lowest BCUT2D eigenvalue weighted by atomic mass is 10.0. The van der Waals surface area contributed by atoms with Crippen molar-refractivity contribution in [2.24, 2.45) is 0 Å². The summed E-state index contributed by atoms with van der Waals surface area (Å²) < 4.78 is 10.5. The van der Waals surface area contributed by atoms with Crippen LogP contribution in [0, 0.1) is 17.0 Å². The number of nitrogens with zero attached hydrogens (tertiary/aromatic N) is 1. The molecule has 1 heterocycles. The molecule has 0 aliphatic carbocycles. The first-order valence-corrected chi connectivity index (χ1v) is 7.49. The smallest absolute Gasteiger partial charge is 0.270 e. The van der Waals surface area contributed by atoms with Gasteiger partial charge in [0.2, 0.25) is 0 Å². The van der Waals surface area contributed by atoms with Gasteiger partial charge in [-0.3, -0.25) is 14.9 Å². The van der Waals surface area contributed by atoms with Gasteiger partial charge in [0.05, 0.1) is 17.1 Å². The fourth-order valence-electron chi connectivity index (χ4n) is 2.57. The van der Waals surface area contributed by atoms with Crippen molar-refractivity contribution in [3.63, 3.8) is 0 Å². The van der Waals surface area contributed by atoms with Crippen molar-refractivity contribution in [1.82, 2.24) is 0 Å². The van der Waals surface area contributed by atoms with Crippen molar-refractivity contribution < 1.29 is 24.3 Å². The second-order valence-electron chi connectivity index (χ2n) is 5.61. The molecule has 25 heavy (non-hydrogen) atoms. The molecule has 0 spiro atoms. The van der Waals surface area contributed by atoms with E-state index in [1.165, 1.54) is 36.4 Å². The third-order valence-electron chi connectivity index (χ3n) is 3.77. The molecule has 0 radical (unpaired) electrons. The SMILES string of the molecule is Cc1ccc(C(=O)/C=C/c2cc([N+](=O)[O-])cc3c2OCOC3)c(O)c1. The summed E-state index contributed by atoms with van der Waals surface area (Å²) in [7, 11) is 0. The number of aryl methyl sites for hydroxylation is 1. The van der Waals surface area contributed by atoms with Crippen LogP contribution in [0.3, 0.4) is 0 Å². The number of carbonyl (C=O) groups excluding carboxylic acids is 1. The number of nitro groups is 1. The van der Waals surface area contributed by atoms with Crippen LogP contribution in [-0.4, -0.2) is 22.6 Å². The summed E-state index contributed by atoms with van der Waals surface area (Å²) >= 11 is 0. The summed E-state index contributed by atoms with van der Waals surface area (Å²) in [6.45, 7) is 2.04. The molecule has 7 heteroatoms. The summed E-state index contributed by atoms with van der Waals surface area (Å²) in [5, 5.41) is 21.0. The molecule has 0 saturated carbocycles. The van der Waals surface area contributed by atoms with E-state index in [0.717, 1.165) is 5.56 Å². The molecule has 0 amide bonds. The highest BCUT2D eigenvalue weighted by Crippen LogP contribution is 2.33. The first kappa shape index (κ1) is 16.7. The van der Waals surface area contributed by atoms with Crippen molar-refractivity contribution in [3.05, 3.63) is 68.8 Å². The number of phenols is 1. The lowest BCUT2D eigenvalue weighted by Gasteiger charge is -2.19. The Morgan fingerprint density at radius 2 is 2.12 bits per heavy atom. The van der Waals surface area contributed by atoms with Crippen LogP contribution in [0.2, 0.25) is 0 Å². The Kier molecular flexibility index (Phi) is 4.49. The topological polar surface area (TPSA) is 98.9 Å². The molecule has 7 nitrogen and oxygen atoms in total. The first-order valence-electron chi connectivity index (χ1n) is 7.49. The number of hydrogen-bond donors (Lipinski definition) is 1. The number of phenolic OH excluding ortho intramolecular Hbond substituents is 1. The monoisotopic (exact) mass is 341 g/mol. The van der Waals surface area contributed by atoms with Gasteiger partial charge in [-0.05, 0) is 36.8 Å². The van der Waals surface area contributed by atoms with Crippen molar-refractivity contribution in [2.75, 3.05) is 6.79 Å². The number of benzene rings is 2. The minimum absolute atomic E-state index is 0.0400. The minimum atomic E-state index is -0.514. The van der Waals surface area contributed by atoms with Gasteiger partial charge in [0.1, 0.15) is 11.5 Å². The maximum atomic E-state index is 12.3. The number of nitro benzene ring substituents is 1. The van der Waals surface area contributed by atoms with Crippen molar-refractivity contribution in [3.8, 4) is 11.5 Å². The Hall–Kier alpha value is -3.19. The molecule has 2 aromatic rings. The Morgan fingerprint density at radius 1 is 1.32 bits per heavy atom. The summed E-state index contributed by atoms with van der Waals surface area (Å²) in [4.78, 5) is 22.9. The highest BCUT2D eigenvalue weighted by atomic mass is 16.7. The highest BCUT2D eigenvalue weighted by Gasteiger charge is 2.20. The Balaban J connectivity index is 1.96. The maximum Gasteiger partial charge on any atom is 0.270 e. The van der Waals surface area contributed by atoms with Crippen LogP contribution < -0.4 is 4.74 Å². The number of fused-ring (bicyclic) bond motifs is 1. The normalized spacial score (nSPS) is 13.3. The van der Waals surface area contributed by atoms with E-state index in [1.807, 2.05) is 0 Å². The van der Waals surface area contributed by atoms with E-state index in [4.69, 9.17) is 9.47 Å². The zero-order chi connectivity index (χ0) is 18.0. The van der Waals surface area contributed by atoms with E-state index >= 15 is 0 Å². The predicted octanol–water partition coefficient (Wildman–Crippen LogP) is 3.37. The van der Waals surface area contributed by atoms with Crippen LogP contribution in [-0.2, 0) is 11.3 Å². The molecule has 1 N–H and O–H groups in total. The van der Waals surface area contributed by atoms with Gasteiger partial charge in [-0.2, -0.15) is 0 Å². The van der Waals surface area contributed by atoms with Crippen LogP contribution in [0.25, 0.3) is 6.08 Å². The number of rotatable bonds is 4. The quantitative estimate of drug-likeness (QED) is 0.396. The molecule has 1 aliphatic heterocycles. The standard InChI is InChI=1S/C18H15NO6/c1-11-2-4-15(17(21)6-11)16(20)5-3-12-7-14(19(22)23)8-13-9-24-10-25-18(12)13/h2-8,21H,9-10H2,1H3/b5-3+. The molecule has 2 aromatic carbocycles. The summed E-state index contributed by atoms with van der Waals surface area (Å²) in [5.74, 6) is -0.0702. The zero-order valence-corrected chi connectivity index (χ0v) is 13.4. The van der Waals surface area contributed by atoms with Crippen LogP contribution >= 0.6 is 0 Å². The number of aromatic hydroxyl groups is 1. The van der Waals surface area contributed by atoms with Crippen molar-refractivity contribution in [2.45, 2.75) is 13.5 Å². The molecule has 0 bridgehead atoms. The minimum Gasteiger partial charge on any atom is -0.507 e. The average Bonchev–Trinajstić information content (AvgIpc) is 2.59. The molecular weight excluding hydrogens is 326 g/mol. The van der Waals surface area contributed by atoms with Gasteiger partial charge >= 0.3 is 0 Å². The number of ether oxygens (including phenoxy) is 2. The van der Waals surface area contributed by atoms with Crippen LogP contribution in [0.15, 0.2) is 36.4 Å². The number of allylic oxidation sites excluding steroid dienone is 1. The van der Waals surface area contributed by atoms with Gasteiger partial charge in [0, 0.05) is 23.3 Å². The fourth-order valence-corrected chi connectivity index (χ4v) is 2.57. The average molecular weight is 341 g/mol. The summed E-state index contributed by atoms with van der Waals surface area (Å²) in [6, 6.07) is 7.47. The molecule has 0 atom stereocenters. The van der Waals surface area contributed by atoms with E-state index in [1.54, 1.807) is 13.0 Å². The van der Waals surface area contributed by atoms with E-state index in [0.29, 0.717) is 16.9 Å². The van der Waals surface area contributed by atoms with Gasteiger partial charge < -0.3 is 14.6 Å². The largest absolute Gasteiger partial charge is 0.507 e. The van der Waals surface area contributed by atoms with E-state index in [-0.39, 0.29) is 30.4 Å². The Bertz CT molecular complexity index is 887. The molecule has 0 fully saturated rings. The highest BCUT2D eigenvalue weighted by molar-refractivity contribution is 6.08. The fraction of sp³-hybridized carbons (Fsp3) is 0.167.